The molecule has 0 aromatic heterocycles. The Hall–Kier alpha value is -0.546. The van der Waals surface area contributed by atoms with E-state index in [9.17, 15) is 0 Å². The van der Waals surface area contributed by atoms with E-state index in [1.807, 2.05) is 0 Å². The van der Waals surface area contributed by atoms with Crippen molar-refractivity contribution in [3.63, 3.8) is 0 Å². The summed E-state index contributed by atoms with van der Waals surface area (Å²) in [6.45, 7) is 13.8. The van der Waals surface area contributed by atoms with E-state index >= 15 is 0 Å². The Bertz CT molecular complexity index is 367. The second kappa shape index (κ2) is 5.40. The summed E-state index contributed by atoms with van der Waals surface area (Å²) in [5, 5.41) is 0.268. The van der Waals surface area contributed by atoms with Gasteiger partial charge in [-0.2, -0.15) is 0 Å². The van der Waals surface area contributed by atoms with E-state index in [0.717, 1.165) is 5.75 Å². The lowest BCUT2D eigenvalue weighted by Gasteiger charge is -2.37. The zero-order chi connectivity index (χ0) is 13.1. The Morgan fingerprint density at radius 2 is 1.76 bits per heavy atom. The fraction of sp³-hybridized carbons (Fsp3) is 0.571. The molecule has 0 heterocycles. The first-order valence-electron chi connectivity index (χ1n) is 6.55. The van der Waals surface area contributed by atoms with Gasteiger partial charge >= 0.3 is 0 Å². The molecule has 0 saturated carbocycles. The minimum atomic E-state index is -1.69. The van der Waals surface area contributed by atoms with E-state index in [1.54, 1.807) is 0 Å². The molecule has 0 bridgehead atoms. The van der Waals surface area contributed by atoms with Crippen molar-refractivity contribution in [3.05, 3.63) is 29.8 Å². The second-order valence-corrected chi connectivity index (χ2v) is 12.4. The average Bonchev–Trinajstić information content (AvgIpc) is 2.19. The van der Waals surface area contributed by atoms with Crippen LogP contribution in [0.4, 0.5) is 0 Å². The number of hydrogen-bond acceptors (Lipinski definition) is 1. The highest BCUT2D eigenvalue weighted by Crippen LogP contribution is 2.38. The zero-order valence-electron chi connectivity index (χ0n) is 12.1. The van der Waals surface area contributed by atoms with Crippen LogP contribution in [-0.4, -0.2) is 17.8 Å². The molecular formula is C14H26OSi2. The molecule has 0 atom stereocenters. The summed E-state index contributed by atoms with van der Waals surface area (Å²) in [4.78, 5) is 0. The smallest absolute Gasteiger partial charge is 0.250 e. The fourth-order valence-electron chi connectivity index (χ4n) is 1.51. The number of rotatable bonds is 4. The largest absolute Gasteiger partial charge is 0.543 e. The number of benzene rings is 1. The molecule has 1 nitrogen and oxygen atoms in total. The topological polar surface area (TPSA) is 9.23 Å². The summed E-state index contributed by atoms with van der Waals surface area (Å²) in [5.41, 5.74) is 1.41. The first kappa shape index (κ1) is 14.5. The maximum Gasteiger partial charge on any atom is 0.250 e. The molecule has 0 fully saturated rings. The third-order valence-electron chi connectivity index (χ3n) is 3.66. The monoisotopic (exact) mass is 266 g/mol. The molecule has 0 saturated heterocycles. The molecule has 96 valence electrons. The lowest BCUT2D eigenvalue weighted by atomic mass is 10.2. The van der Waals surface area contributed by atoms with E-state index in [0.29, 0.717) is 0 Å². The van der Waals surface area contributed by atoms with E-state index < -0.39 is 8.32 Å². The van der Waals surface area contributed by atoms with Crippen molar-refractivity contribution in [2.45, 2.75) is 51.5 Å². The van der Waals surface area contributed by atoms with Crippen LogP contribution >= 0.6 is 0 Å². The standard InChI is InChI=1S/C14H26OSi2/c1-14(2,3)17(5,6)15-13-10-8-7-9-12(13)11-16-4/h7-10H,11,16H2,1-6H3. The fourth-order valence-corrected chi connectivity index (χ4v) is 3.51. The second-order valence-electron chi connectivity index (χ2n) is 6.22. The van der Waals surface area contributed by atoms with Crippen molar-refractivity contribution in [1.82, 2.24) is 0 Å². The summed E-state index contributed by atoms with van der Waals surface area (Å²) < 4.78 is 6.41. The maximum absolute atomic E-state index is 6.41. The van der Waals surface area contributed by atoms with Gasteiger partial charge in [0.05, 0.1) is 0 Å². The van der Waals surface area contributed by atoms with Crippen LogP contribution in [0, 0.1) is 0 Å². The molecule has 0 aliphatic carbocycles. The predicted molar refractivity (Wildman–Crippen MR) is 82.4 cm³/mol. The lowest BCUT2D eigenvalue weighted by Crippen LogP contribution is -2.44. The minimum Gasteiger partial charge on any atom is -0.543 e. The van der Waals surface area contributed by atoms with Gasteiger partial charge in [0.2, 0.25) is 8.32 Å². The summed E-state index contributed by atoms with van der Waals surface area (Å²) in [5.74, 6) is 1.13. The van der Waals surface area contributed by atoms with Crippen LogP contribution in [-0.2, 0) is 6.04 Å². The third kappa shape index (κ3) is 3.71. The first-order valence-corrected chi connectivity index (χ1v) is 11.9. The first-order chi connectivity index (χ1) is 7.78. The van der Waals surface area contributed by atoms with Gasteiger partial charge in [-0.3, -0.25) is 0 Å². The Labute approximate surface area is 110 Å². The van der Waals surface area contributed by atoms with Crippen molar-refractivity contribution in [1.29, 1.82) is 0 Å². The molecule has 3 heteroatoms. The van der Waals surface area contributed by atoms with Gasteiger partial charge in [-0.25, -0.2) is 0 Å². The van der Waals surface area contributed by atoms with Crippen molar-refractivity contribution < 1.29 is 4.43 Å². The lowest BCUT2D eigenvalue weighted by molar-refractivity contribution is 0.489. The highest BCUT2D eigenvalue weighted by molar-refractivity contribution is 6.74. The van der Waals surface area contributed by atoms with Gasteiger partial charge < -0.3 is 4.43 Å². The molecule has 0 spiro atoms. The van der Waals surface area contributed by atoms with Gasteiger partial charge in [0, 0.05) is 9.52 Å². The Balaban J connectivity index is 2.95. The van der Waals surface area contributed by atoms with Gasteiger partial charge in [-0.15, -0.1) is 0 Å². The number of para-hydroxylation sites is 1. The van der Waals surface area contributed by atoms with Crippen LogP contribution < -0.4 is 4.43 Å². The van der Waals surface area contributed by atoms with E-state index in [2.05, 4.69) is 64.7 Å². The maximum atomic E-state index is 6.41. The highest BCUT2D eigenvalue weighted by atomic mass is 28.4. The summed E-state index contributed by atoms with van der Waals surface area (Å²) in [7, 11) is -1.65. The van der Waals surface area contributed by atoms with Gasteiger partial charge in [0.15, 0.2) is 0 Å². The zero-order valence-corrected chi connectivity index (χ0v) is 14.5. The van der Waals surface area contributed by atoms with E-state index in [1.165, 1.54) is 11.6 Å². The Morgan fingerprint density at radius 1 is 1.18 bits per heavy atom. The summed E-state index contributed by atoms with van der Waals surface area (Å²) in [6, 6.07) is 9.81. The molecule has 0 aliphatic heterocycles. The van der Waals surface area contributed by atoms with Crippen LogP contribution in [0.25, 0.3) is 0 Å². The van der Waals surface area contributed by atoms with Crippen molar-refractivity contribution >= 4 is 17.8 Å². The molecule has 1 rings (SSSR count). The van der Waals surface area contributed by atoms with Crippen molar-refractivity contribution in [2.24, 2.45) is 0 Å². The van der Waals surface area contributed by atoms with E-state index in [4.69, 9.17) is 4.43 Å². The van der Waals surface area contributed by atoms with Crippen LogP contribution in [0.5, 0.6) is 5.75 Å². The molecule has 0 aliphatic rings. The van der Waals surface area contributed by atoms with Gasteiger partial charge in [0.25, 0.3) is 0 Å². The molecule has 1 aromatic carbocycles. The normalized spacial score (nSPS) is 13.3. The molecular weight excluding hydrogens is 240 g/mol. The molecule has 0 N–H and O–H groups in total. The van der Waals surface area contributed by atoms with Crippen molar-refractivity contribution in [2.75, 3.05) is 0 Å². The summed E-state index contributed by atoms with van der Waals surface area (Å²) >= 11 is 0. The SMILES string of the molecule is C[SiH2]Cc1ccccc1O[Si](C)(C)C(C)(C)C. The summed E-state index contributed by atoms with van der Waals surface area (Å²) in [6.07, 6.45) is 0. The van der Waals surface area contributed by atoms with Crippen LogP contribution in [0.15, 0.2) is 24.3 Å². The third-order valence-corrected chi connectivity index (χ3v) is 9.04. The van der Waals surface area contributed by atoms with Gasteiger partial charge in [-0.05, 0) is 35.8 Å². The highest BCUT2D eigenvalue weighted by Gasteiger charge is 2.39. The molecule has 0 amide bonds. The average molecular weight is 267 g/mol. The van der Waals surface area contributed by atoms with Gasteiger partial charge in [0.1, 0.15) is 5.75 Å². The quantitative estimate of drug-likeness (QED) is 0.754. The predicted octanol–water partition coefficient (Wildman–Crippen LogP) is 3.79. The van der Waals surface area contributed by atoms with Crippen LogP contribution in [0.1, 0.15) is 26.3 Å². The minimum absolute atomic E-state index is 0.0425. The van der Waals surface area contributed by atoms with Crippen LogP contribution in [0.3, 0.4) is 0 Å². The van der Waals surface area contributed by atoms with Crippen LogP contribution in [0.2, 0.25) is 24.7 Å². The Kier molecular flexibility index (Phi) is 4.61. The molecule has 17 heavy (non-hydrogen) atoms. The van der Waals surface area contributed by atoms with Gasteiger partial charge in [-0.1, -0.05) is 45.5 Å². The molecule has 0 radical (unpaired) electrons. The number of hydrogen-bond donors (Lipinski definition) is 0. The van der Waals surface area contributed by atoms with E-state index in [-0.39, 0.29) is 14.6 Å². The molecule has 0 unspecified atom stereocenters. The molecule has 1 aromatic rings. The Morgan fingerprint density at radius 3 is 2.29 bits per heavy atom. The van der Waals surface area contributed by atoms with Crippen molar-refractivity contribution in [3.8, 4) is 5.75 Å².